The minimum atomic E-state index is -0.695. The molecule has 0 fully saturated rings. The smallest absolute Gasteiger partial charge is 0.317 e. The van der Waals surface area contributed by atoms with Gasteiger partial charge in [0.05, 0.1) is 18.8 Å². The standard InChI is InChI=1S/C17H24N4O2/c1-4-21(12-16(22)15-7-5-13(2)6-8-15)17(23)18-9-14-10-19-20(3)11-14/h5-8,10-11,16,22H,4,9,12H2,1-3H3,(H,18,23). The number of amides is 2. The predicted octanol–water partition coefficient (Wildman–Crippen LogP) is 1.99. The number of rotatable bonds is 6. The number of benzene rings is 1. The minimum Gasteiger partial charge on any atom is -0.387 e. The van der Waals surface area contributed by atoms with E-state index in [4.69, 9.17) is 0 Å². The Morgan fingerprint density at radius 2 is 2.09 bits per heavy atom. The fraction of sp³-hybridized carbons (Fsp3) is 0.412. The largest absolute Gasteiger partial charge is 0.387 e. The number of hydrogen-bond donors (Lipinski definition) is 2. The number of likely N-dealkylation sites (N-methyl/N-ethyl adjacent to an activating group) is 1. The Morgan fingerprint density at radius 1 is 1.39 bits per heavy atom. The average molecular weight is 316 g/mol. The Morgan fingerprint density at radius 3 is 2.65 bits per heavy atom. The summed E-state index contributed by atoms with van der Waals surface area (Å²) in [6.45, 7) is 5.11. The van der Waals surface area contributed by atoms with E-state index >= 15 is 0 Å². The molecule has 23 heavy (non-hydrogen) atoms. The molecule has 0 aliphatic rings. The van der Waals surface area contributed by atoms with Crippen LogP contribution >= 0.6 is 0 Å². The molecular formula is C17H24N4O2. The van der Waals surface area contributed by atoms with Gasteiger partial charge in [0.25, 0.3) is 0 Å². The van der Waals surface area contributed by atoms with E-state index in [0.29, 0.717) is 13.1 Å². The molecule has 6 nitrogen and oxygen atoms in total. The van der Waals surface area contributed by atoms with Crippen molar-refractivity contribution in [2.24, 2.45) is 7.05 Å². The molecule has 1 aromatic carbocycles. The summed E-state index contributed by atoms with van der Waals surface area (Å²) in [6.07, 6.45) is 2.88. The van der Waals surface area contributed by atoms with Crippen LogP contribution in [0.4, 0.5) is 4.79 Å². The van der Waals surface area contributed by atoms with Gasteiger partial charge in [0.1, 0.15) is 0 Å². The highest BCUT2D eigenvalue weighted by atomic mass is 16.3. The van der Waals surface area contributed by atoms with E-state index in [1.165, 1.54) is 0 Å². The van der Waals surface area contributed by atoms with Crippen molar-refractivity contribution in [3.8, 4) is 0 Å². The SMILES string of the molecule is CCN(CC(O)c1ccc(C)cc1)C(=O)NCc1cnn(C)c1. The third-order valence-corrected chi connectivity index (χ3v) is 3.73. The molecule has 2 N–H and O–H groups in total. The summed E-state index contributed by atoms with van der Waals surface area (Å²) in [5.74, 6) is 0. The van der Waals surface area contributed by atoms with Crippen LogP contribution in [0.25, 0.3) is 0 Å². The number of carbonyl (C=O) groups is 1. The second-order valence-corrected chi connectivity index (χ2v) is 5.65. The van der Waals surface area contributed by atoms with Gasteiger partial charge in [-0.05, 0) is 19.4 Å². The first kappa shape index (κ1) is 17.0. The zero-order chi connectivity index (χ0) is 16.8. The molecule has 1 heterocycles. The Labute approximate surface area is 136 Å². The van der Waals surface area contributed by atoms with Gasteiger partial charge in [-0.25, -0.2) is 4.79 Å². The Bertz CT molecular complexity index is 636. The van der Waals surface area contributed by atoms with Gasteiger partial charge in [-0.2, -0.15) is 5.10 Å². The molecule has 1 aromatic heterocycles. The number of aryl methyl sites for hydroxylation is 2. The van der Waals surface area contributed by atoms with E-state index in [0.717, 1.165) is 16.7 Å². The number of aliphatic hydroxyl groups excluding tert-OH is 1. The Kier molecular flexibility index (Phi) is 5.76. The second-order valence-electron chi connectivity index (χ2n) is 5.65. The van der Waals surface area contributed by atoms with E-state index in [-0.39, 0.29) is 12.6 Å². The molecule has 0 saturated carbocycles. The third kappa shape index (κ3) is 4.82. The summed E-state index contributed by atoms with van der Waals surface area (Å²) in [6, 6.07) is 7.50. The molecule has 1 atom stereocenters. The van der Waals surface area contributed by atoms with Crippen molar-refractivity contribution in [1.29, 1.82) is 0 Å². The summed E-state index contributed by atoms with van der Waals surface area (Å²) >= 11 is 0. The zero-order valence-electron chi connectivity index (χ0n) is 13.9. The van der Waals surface area contributed by atoms with Crippen LogP contribution in [0.2, 0.25) is 0 Å². The monoisotopic (exact) mass is 316 g/mol. The number of carbonyl (C=O) groups excluding carboxylic acids is 1. The number of aromatic nitrogens is 2. The van der Waals surface area contributed by atoms with Crippen LogP contribution in [0.15, 0.2) is 36.7 Å². The zero-order valence-corrected chi connectivity index (χ0v) is 13.9. The summed E-state index contributed by atoms with van der Waals surface area (Å²) in [5, 5.41) is 17.2. The number of aliphatic hydroxyl groups is 1. The Hall–Kier alpha value is -2.34. The summed E-state index contributed by atoms with van der Waals surface area (Å²) in [4.78, 5) is 13.8. The van der Waals surface area contributed by atoms with Crippen LogP contribution in [0.1, 0.15) is 29.7 Å². The van der Waals surface area contributed by atoms with Crippen LogP contribution in [0.5, 0.6) is 0 Å². The molecule has 0 aliphatic carbocycles. The first-order valence-corrected chi connectivity index (χ1v) is 7.74. The number of nitrogens with zero attached hydrogens (tertiary/aromatic N) is 3. The van der Waals surface area contributed by atoms with E-state index < -0.39 is 6.10 Å². The summed E-state index contributed by atoms with van der Waals surface area (Å²) < 4.78 is 1.69. The lowest BCUT2D eigenvalue weighted by Crippen LogP contribution is -2.41. The predicted molar refractivity (Wildman–Crippen MR) is 88.8 cm³/mol. The normalized spacial score (nSPS) is 12.0. The molecule has 1 unspecified atom stereocenters. The van der Waals surface area contributed by atoms with Gasteiger partial charge in [-0.1, -0.05) is 29.8 Å². The van der Waals surface area contributed by atoms with Crippen LogP contribution in [0.3, 0.4) is 0 Å². The molecule has 0 bridgehead atoms. The third-order valence-electron chi connectivity index (χ3n) is 3.73. The highest BCUT2D eigenvalue weighted by Crippen LogP contribution is 2.15. The number of urea groups is 1. The molecular weight excluding hydrogens is 292 g/mol. The highest BCUT2D eigenvalue weighted by molar-refractivity contribution is 5.74. The first-order chi connectivity index (χ1) is 11.0. The van der Waals surface area contributed by atoms with Crippen molar-refractivity contribution in [3.05, 3.63) is 53.3 Å². The average Bonchev–Trinajstić information content (AvgIpc) is 2.96. The van der Waals surface area contributed by atoms with Crippen LogP contribution < -0.4 is 5.32 Å². The summed E-state index contributed by atoms with van der Waals surface area (Å²) in [5.41, 5.74) is 2.90. The fourth-order valence-corrected chi connectivity index (χ4v) is 2.31. The number of nitrogens with one attached hydrogen (secondary N) is 1. The maximum absolute atomic E-state index is 12.3. The molecule has 0 radical (unpaired) electrons. The minimum absolute atomic E-state index is 0.192. The van der Waals surface area contributed by atoms with Gasteiger partial charge >= 0.3 is 6.03 Å². The quantitative estimate of drug-likeness (QED) is 0.856. The van der Waals surface area contributed by atoms with Gasteiger partial charge in [0.2, 0.25) is 0 Å². The lowest BCUT2D eigenvalue weighted by atomic mass is 10.1. The van der Waals surface area contributed by atoms with Crippen molar-refractivity contribution < 1.29 is 9.90 Å². The van der Waals surface area contributed by atoms with E-state index in [1.807, 2.05) is 51.4 Å². The van der Waals surface area contributed by atoms with Crippen LogP contribution in [-0.2, 0) is 13.6 Å². The lowest BCUT2D eigenvalue weighted by Gasteiger charge is -2.24. The van der Waals surface area contributed by atoms with Crippen molar-refractivity contribution in [1.82, 2.24) is 20.0 Å². The molecule has 2 amide bonds. The van der Waals surface area contributed by atoms with Crippen molar-refractivity contribution in [3.63, 3.8) is 0 Å². The first-order valence-electron chi connectivity index (χ1n) is 7.74. The molecule has 0 saturated heterocycles. The Balaban J connectivity index is 1.90. The van der Waals surface area contributed by atoms with Gasteiger partial charge in [0.15, 0.2) is 0 Å². The van der Waals surface area contributed by atoms with E-state index in [1.54, 1.807) is 15.8 Å². The molecule has 0 spiro atoms. The maximum Gasteiger partial charge on any atom is 0.317 e. The lowest BCUT2D eigenvalue weighted by molar-refractivity contribution is 0.123. The topological polar surface area (TPSA) is 70.4 Å². The van der Waals surface area contributed by atoms with Gasteiger partial charge < -0.3 is 15.3 Å². The molecule has 2 rings (SSSR count). The van der Waals surface area contributed by atoms with Crippen molar-refractivity contribution in [2.75, 3.05) is 13.1 Å². The van der Waals surface area contributed by atoms with Crippen molar-refractivity contribution >= 4 is 6.03 Å². The molecule has 0 aliphatic heterocycles. The van der Waals surface area contributed by atoms with Gasteiger partial charge in [-0.15, -0.1) is 0 Å². The van der Waals surface area contributed by atoms with E-state index in [2.05, 4.69) is 10.4 Å². The molecule has 2 aromatic rings. The molecule has 124 valence electrons. The highest BCUT2D eigenvalue weighted by Gasteiger charge is 2.17. The summed E-state index contributed by atoms with van der Waals surface area (Å²) in [7, 11) is 1.83. The van der Waals surface area contributed by atoms with Crippen LogP contribution in [-0.4, -0.2) is 38.9 Å². The second kappa shape index (κ2) is 7.78. The number of hydrogen-bond acceptors (Lipinski definition) is 3. The van der Waals surface area contributed by atoms with Gasteiger partial charge in [-0.3, -0.25) is 4.68 Å². The maximum atomic E-state index is 12.3. The van der Waals surface area contributed by atoms with Crippen molar-refractivity contribution in [2.45, 2.75) is 26.5 Å². The van der Waals surface area contributed by atoms with Gasteiger partial charge in [0, 0.05) is 31.9 Å². The van der Waals surface area contributed by atoms with E-state index in [9.17, 15) is 9.90 Å². The molecule has 6 heteroatoms. The fourth-order valence-electron chi connectivity index (χ4n) is 2.31. The van der Waals surface area contributed by atoms with Crippen LogP contribution in [0, 0.1) is 6.92 Å².